The summed E-state index contributed by atoms with van der Waals surface area (Å²) in [5.74, 6) is 0.226. The molecular weight excluding hydrogens is 316 g/mol. The molecule has 1 fully saturated rings. The Bertz CT molecular complexity index is 862. The van der Waals surface area contributed by atoms with Crippen LogP contribution in [0.2, 0.25) is 0 Å². The Morgan fingerprint density at radius 1 is 1.08 bits per heavy atom. The number of aromatic nitrogens is 2. The highest BCUT2D eigenvalue weighted by molar-refractivity contribution is 5.79. The third-order valence-corrected chi connectivity index (χ3v) is 4.64. The Morgan fingerprint density at radius 2 is 1.92 bits per heavy atom. The number of amides is 1. The van der Waals surface area contributed by atoms with Crippen molar-refractivity contribution in [3.05, 3.63) is 59.7 Å². The maximum atomic E-state index is 12.2. The SMILES string of the molecule is O=C1CC(NCc2ccc3nonc3c2)CN1CCc1ccccc1. The molecule has 0 bridgehead atoms. The predicted octanol–water partition coefficient (Wildman–Crippen LogP) is 2.16. The highest BCUT2D eigenvalue weighted by Crippen LogP contribution is 2.15. The first-order valence-corrected chi connectivity index (χ1v) is 8.54. The van der Waals surface area contributed by atoms with E-state index < -0.39 is 0 Å². The van der Waals surface area contributed by atoms with Crippen molar-refractivity contribution in [1.29, 1.82) is 0 Å². The fourth-order valence-corrected chi connectivity index (χ4v) is 3.23. The number of carbonyl (C=O) groups is 1. The van der Waals surface area contributed by atoms with Gasteiger partial charge < -0.3 is 10.2 Å². The molecule has 1 atom stereocenters. The van der Waals surface area contributed by atoms with Gasteiger partial charge in [-0.15, -0.1) is 0 Å². The highest BCUT2D eigenvalue weighted by Gasteiger charge is 2.28. The second-order valence-electron chi connectivity index (χ2n) is 6.44. The van der Waals surface area contributed by atoms with Gasteiger partial charge in [-0.2, -0.15) is 0 Å². The standard InChI is InChI=1S/C19H20N4O2/c24-19-11-16(13-23(19)9-8-14-4-2-1-3-5-14)20-12-15-6-7-17-18(10-15)22-25-21-17/h1-7,10,16,20H,8-9,11-13H2. The van der Waals surface area contributed by atoms with E-state index in [4.69, 9.17) is 4.63 Å². The van der Waals surface area contributed by atoms with E-state index >= 15 is 0 Å². The van der Waals surface area contributed by atoms with E-state index in [1.54, 1.807) is 0 Å². The van der Waals surface area contributed by atoms with Crippen molar-refractivity contribution in [2.75, 3.05) is 13.1 Å². The van der Waals surface area contributed by atoms with Gasteiger partial charge in [0.05, 0.1) is 0 Å². The predicted molar refractivity (Wildman–Crippen MR) is 93.8 cm³/mol. The summed E-state index contributed by atoms with van der Waals surface area (Å²) in [6, 6.07) is 16.3. The topological polar surface area (TPSA) is 71.3 Å². The lowest BCUT2D eigenvalue weighted by Gasteiger charge is -2.17. The summed E-state index contributed by atoms with van der Waals surface area (Å²) in [6.07, 6.45) is 1.46. The lowest BCUT2D eigenvalue weighted by Crippen LogP contribution is -2.33. The Kier molecular flexibility index (Phi) is 4.43. The van der Waals surface area contributed by atoms with Gasteiger partial charge in [-0.25, -0.2) is 4.63 Å². The molecular formula is C19H20N4O2. The molecule has 1 unspecified atom stereocenters. The van der Waals surface area contributed by atoms with E-state index in [0.717, 1.165) is 36.1 Å². The smallest absolute Gasteiger partial charge is 0.224 e. The van der Waals surface area contributed by atoms with Crippen LogP contribution in [0.4, 0.5) is 0 Å². The largest absolute Gasteiger partial charge is 0.341 e. The maximum absolute atomic E-state index is 12.2. The quantitative estimate of drug-likeness (QED) is 0.747. The zero-order valence-corrected chi connectivity index (χ0v) is 13.9. The number of likely N-dealkylation sites (tertiary alicyclic amines) is 1. The van der Waals surface area contributed by atoms with Gasteiger partial charge in [-0.1, -0.05) is 36.4 Å². The monoisotopic (exact) mass is 336 g/mol. The maximum Gasteiger partial charge on any atom is 0.224 e. The molecule has 1 aliphatic rings. The second-order valence-corrected chi connectivity index (χ2v) is 6.44. The van der Waals surface area contributed by atoms with E-state index in [-0.39, 0.29) is 11.9 Å². The first kappa shape index (κ1) is 15.8. The minimum atomic E-state index is 0.189. The molecule has 2 heterocycles. The molecule has 2 aromatic carbocycles. The van der Waals surface area contributed by atoms with Crippen LogP contribution in [0.1, 0.15) is 17.5 Å². The summed E-state index contributed by atoms with van der Waals surface area (Å²) in [7, 11) is 0. The first-order valence-electron chi connectivity index (χ1n) is 8.54. The number of hydrogen-bond donors (Lipinski definition) is 1. The van der Waals surface area contributed by atoms with Crippen LogP contribution in [-0.2, 0) is 17.8 Å². The third kappa shape index (κ3) is 3.69. The van der Waals surface area contributed by atoms with Gasteiger partial charge in [0.2, 0.25) is 5.91 Å². The van der Waals surface area contributed by atoms with E-state index in [1.807, 2.05) is 41.3 Å². The van der Waals surface area contributed by atoms with Crippen LogP contribution in [-0.4, -0.2) is 40.3 Å². The first-order chi connectivity index (χ1) is 12.3. The van der Waals surface area contributed by atoms with Gasteiger partial charge >= 0.3 is 0 Å². The zero-order valence-electron chi connectivity index (χ0n) is 13.9. The van der Waals surface area contributed by atoms with Gasteiger partial charge in [0.15, 0.2) is 0 Å². The molecule has 0 saturated carbocycles. The second kappa shape index (κ2) is 7.03. The molecule has 0 aliphatic carbocycles. The van der Waals surface area contributed by atoms with Gasteiger partial charge in [0.1, 0.15) is 11.0 Å². The number of fused-ring (bicyclic) bond motifs is 1. The number of nitrogens with zero attached hydrogens (tertiary/aromatic N) is 3. The van der Waals surface area contributed by atoms with Crippen LogP contribution in [0, 0.1) is 0 Å². The molecule has 6 nitrogen and oxygen atoms in total. The van der Waals surface area contributed by atoms with Crippen molar-refractivity contribution in [1.82, 2.24) is 20.5 Å². The average molecular weight is 336 g/mol. The van der Waals surface area contributed by atoms with Crippen molar-refractivity contribution in [2.45, 2.75) is 25.4 Å². The zero-order chi connectivity index (χ0) is 17.1. The number of carbonyl (C=O) groups excluding carboxylic acids is 1. The molecule has 1 aliphatic heterocycles. The normalized spacial score (nSPS) is 17.5. The van der Waals surface area contributed by atoms with Crippen LogP contribution in [0.5, 0.6) is 0 Å². The fourth-order valence-electron chi connectivity index (χ4n) is 3.23. The molecule has 3 aromatic rings. The Labute approximate surface area is 145 Å². The Balaban J connectivity index is 1.29. The van der Waals surface area contributed by atoms with E-state index in [1.165, 1.54) is 5.56 Å². The Morgan fingerprint density at radius 3 is 2.80 bits per heavy atom. The lowest BCUT2D eigenvalue weighted by atomic mass is 10.1. The Hall–Kier alpha value is -2.73. The molecule has 1 saturated heterocycles. The van der Waals surface area contributed by atoms with Gasteiger partial charge in [-0.05, 0) is 40.0 Å². The number of hydrogen-bond acceptors (Lipinski definition) is 5. The third-order valence-electron chi connectivity index (χ3n) is 4.64. The molecule has 25 heavy (non-hydrogen) atoms. The van der Waals surface area contributed by atoms with E-state index in [0.29, 0.717) is 13.0 Å². The summed E-state index contributed by atoms with van der Waals surface area (Å²) in [5, 5.41) is 11.1. The summed E-state index contributed by atoms with van der Waals surface area (Å²) < 4.78 is 4.72. The highest BCUT2D eigenvalue weighted by atomic mass is 16.6. The number of nitrogens with one attached hydrogen (secondary N) is 1. The van der Waals surface area contributed by atoms with Gasteiger partial charge in [0.25, 0.3) is 0 Å². The molecule has 4 rings (SSSR count). The molecule has 128 valence electrons. The van der Waals surface area contributed by atoms with Crippen LogP contribution >= 0.6 is 0 Å². The van der Waals surface area contributed by atoms with Crippen molar-refractivity contribution in [3.63, 3.8) is 0 Å². The fraction of sp³-hybridized carbons (Fsp3) is 0.316. The van der Waals surface area contributed by atoms with Crippen LogP contribution in [0.3, 0.4) is 0 Å². The summed E-state index contributed by atoms with van der Waals surface area (Å²) in [5.41, 5.74) is 3.89. The van der Waals surface area contributed by atoms with Crippen molar-refractivity contribution < 1.29 is 9.42 Å². The molecule has 1 aromatic heterocycles. The van der Waals surface area contributed by atoms with E-state index in [2.05, 4.69) is 27.8 Å². The molecule has 1 N–H and O–H groups in total. The number of rotatable bonds is 6. The van der Waals surface area contributed by atoms with Gasteiger partial charge in [-0.3, -0.25) is 4.79 Å². The summed E-state index contributed by atoms with van der Waals surface area (Å²) in [6.45, 7) is 2.24. The minimum Gasteiger partial charge on any atom is -0.341 e. The lowest BCUT2D eigenvalue weighted by molar-refractivity contribution is -0.127. The molecule has 6 heteroatoms. The van der Waals surface area contributed by atoms with Crippen LogP contribution in [0.25, 0.3) is 11.0 Å². The number of benzene rings is 2. The van der Waals surface area contributed by atoms with Crippen molar-refractivity contribution >= 4 is 16.9 Å². The molecule has 0 spiro atoms. The molecule has 1 amide bonds. The minimum absolute atomic E-state index is 0.189. The molecule has 0 radical (unpaired) electrons. The summed E-state index contributed by atoms with van der Waals surface area (Å²) in [4.78, 5) is 14.2. The summed E-state index contributed by atoms with van der Waals surface area (Å²) >= 11 is 0. The van der Waals surface area contributed by atoms with Crippen molar-refractivity contribution in [2.24, 2.45) is 0 Å². The van der Waals surface area contributed by atoms with Crippen molar-refractivity contribution in [3.8, 4) is 0 Å². The average Bonchev–Trinajstić information content (AvgIpc) is 3.25. The van der Waals surface area contributed by atoms with Crippen LogP contribution < -0.4 is 5.32 Å². The van der Waals surface area contributed by atoms with E-state index in [9.17, 15) is 4.79 Å². The van der Waals surface area contributed by atoms with Crippen LogP contribution in [0.15, 0.2) is 53.2 Å². The van der Waals surface area contributed by atoms with Gasteiger partial charge in [0, 0.05) is 32.1 Å².